The molecule has 2 aromatic heterocycles. The first-order valence-electron chi connectivity index (χ1n) is 13.7. The first-order valence-corrected chi connectivity index (χ1v) is 13.7. The molecule has 0 unspecified atom stereocenters. The second-order valence-corrected chi connectivity index (χ2v) is 11.9. The Hall–Kier alpha value is -3.73. The van der Waals surface area contributed by atoms with E-state index in [4.69, 9.17) is 23.4 Å². The van der Waals surface area contributed by atoms with E-state index in [-0.39, 0.29) is 23.5 Å². The highest BCUT2D eigenvalue weighted by Gasteiger charge is 2.71. The quantitative estimate of drug-likeness (QED) is 0.425. The Morgan fingerprint density at radius 1 is 1.05 bits per heavy atom. The highest BCUT2D eigenvalue weighted by atomic mass is 16.6. The fourth-order valence-corrected chi connectivity index (χ4v) is 7.84. The van der Waals surface area contributed by atoms with Gasteiger partial charge in [0, 0.05) is 56.6 Å². The van der Waals surface area contributed by atoms with E-state index in [0.29, 0.717) is 18.4 Å². The van der Waals surface area contributed by atoms with E-state index in [2.05, 4.69) is 4.98 Å². The standard InChI is InChI=1S/C30H35NO10/c1-15(32)37-22-9-10-28(4)21(29(22,5)40-17(3)34)13-23(38-16(2)33)30(6)26(28)25(35)24-20(41-30)12-19(39-27(24)36)18-8-7-11-31-14-18/h7-8,11-12,14,21-23,25-26,35H,9-10,13H2,1-6H3/t21-,22+,23+,25+,26-,28+,29+,30-/m1/s1. The van der Waals surface area contributed by atoms with Crippen LogP contribution < -0.4 is 10.4 Å². The largest absolute Gasteiger partial charge is 0.482 e. The number of hydrogen-bond acceptors (Lipinski definition) is 11. The van der Waals surface area contributed by atoms with Crippen LogP contribution in [0.25, 0.3) is 11.3 Å². The molecule has 0 spiro atoms. The lowest BCUT2D eigenvalue weighted by Crippen LogP contribution is -2.73. The van der Waals surface area contributed by atoms with Crippen molar-refractivity contribution < 1.29 is 42.9 Å². The molecule has 8 atom stereocenters. The predicted molar refractivity (Wildman–Crippen MR) is 142 cm³/mol. The molecule has 1 N–H and O–H groups in total. The summed E-state index contributed by atoms with van der Waals surface area (Å²) in [6.45, 7) is 9.26. The minimum absolute atomic E-state index is 0.0418. The van der Waals surface area contributed by atoms with Gasteiger partial charge in [0.05, 0.1) is 6.10 Å². The van der Waals surface area contributed by atoms with Crippen LogP contribution in [0.15, 0.2) is 39.8 Å². The van der Waals surface area contributed by atoms with Gasteiger partial charge >= 0.3 is 23.5 Å². The topological polar surface area (TPSA) is 151 Å². The van der Waals surface area contributed by atoms with E-state index in [0.717, 1.165) is 0 Å². The summed E-state index contributed by atoms with van der Waals surface area (Å²) in [5, 5.41) is 12.0. The fraction of sp³-hybridized carbons (Fsp3) is 0.567. The minimum atomic E-state index is -1.37. The summed E-state index contributed by atoms with van der Waals surface area (Å²) in [5.41, 5.74) is -3.68. The Balaban J connectivity index is 1.68. The van der Waals surface area contributed by atoms with E-state index in [9.17, 15) is 24.3 Å². The van der Waals surface area contributed by atoms with Crippen molar-refractivity contribution in [2.75, 3.05) is 0 Å². The first-order chi connectivity index (χ1) is 19.2. The smallest absolute Gasteiger partial charge is 0.345 e. The van der Waals surface area contributed by atoms with Gasteiger partial charge in [-0.2, -0.15) is 0 Å². The van der Waals surface area contributed by atoms with Gasteiger partial charge in [0.15, 0.2) is 0 Å². The normalized spacial score (nSPS) is 35.5. The summed E-state index contributed by atoms with van der Waals surface area (Å²) >= 11 is 0. The monoisotopic (exact) mass is 569 g/mol. The van der Waals surface area contributed by atoms with Crippen molar-refractivity contribution in [1.82, 2.24) is 4.98 Å². The molecule has 2 aromatic rings. The summed E-state index contributed by atoms with van der Waals surface area (Å²) in [4.78, 5) is 54.2. The van der Waals surface area contributed by atoms with Gasteiger partial charge in [0.1, 0.15) is 40.5 Å². The van der Waals surface area contributed by atoms with Crippen molar-refractivity contribution in [2.24, 2.45) is 17.3 Å². The summed E-state index contributed by atoms with van der Waals surface area (Å²) < 4.78 is 29.6. The molecule has 220 valence electrons. The summed E-state index contributed by atoms with van der Waals surface area (Å²) in [6.07, 6.45) is 1.03. The third kappa shape index (κ3) is 4.60. The van der Waals surface area contributed by atoms with Crippen molar-refractivity contribution in [3.63, 3.8) is 0 Å². The van der Waals surface area contributed by atoms with Crippen molar-refractivity contribution >= 4 is 17.9 Å². The fourth-order valence-electron chi connectivity index (χ4n) is 7.84. The third-order valence-electron chi connectivity index (χ3n) is 9.31. The van der Waals surface area contributed by atoms with Crippen LogP contribution in [-0.2, 0) is 28.6 Å². The number of fused-ring (bicyclic) bond motifs is 4. The number of aliphatic hydroxyl groups excluding tert-OH is 1. The van der Waals surface area contributed by atoms with E-state index >= 15 is 0 Å². The number of carbonyl (C=O) groups is 3. The molecule has 2 aliphatic carbocycles. The van der Waals surface area contributed by atoms with Crippen LogP contribution in [0.5, 0.6) is 5.75 Å². The maximum atomic E-state index is 13.4. The number of hydrogen-bond donors (Lipinski definition) is 1. The SMILES string of the molecule is CC(=O)O[C@H]1CC[C@@]2(C)[C@@H](C[C@H](OC(C)=O)[C@@]3(C)Oc4cc(-c5cccnc5)oc(=O)c4[C@H](O)[C@H]23)[C@]1(C)OC(C)=O. The summed E-state index contributed by atoms with van der Waals surface area (Å²) in [6, 6.07) is 4.97. The second-order valence-electron chi connectivity index (χ2n) is 11.9. The lowest BCUT2D eigenvalue weighted by molar-refractivity contribution is -0.283. The molecular weight excluding hydrogens is 534 g/mol. The van der Waals surface area contributed by atoms with Gasteiger partial charge in [-0.25, -0.2) is 4.79 Å². The van der Waals surface area contributed by atoms with Gasteiger partial charge in [-0.1, -0.05) is 6.92 Å². The molecule has 2 fully saturated rings. The number of aromatic nitrogens is 1. The maximum absolute atomic E-state index is 13.4. The highest BCUT2D eigenvalue weighted by molar-refractivity contribution is 5.68. The van der Waals surface area contributed by atoms with Gasteiger partial charge in [0.2, 0.25) is 0 Å². The molecule has 5 rings (SSSR count). The zero-order valence-electron chi connectivity index (χ0n) is 24.0. The minimum Gasteiger partial charge on any atom is -0.482 e. The summed E-state index contributed by atoms with van der Waals surface area (Å²) in [5.74, 6) is -2.67. The van der Waals surface area contributed by atoms with Crippen molar-refractivity contribution in [1.29, 1.82) is 0 Å². The van der Waals surface area contributed by atoms with E-state index in [1.807, 2.05) is 6.92 Å². The van der Waals surface area contributed by atoms with Crippen LogP contribution in [-0.4, -0.2) is 51.4 Å². The molecular formula is C30H35NO10. The maximum Gasteiger partial charge on any atom is 0.345 e. The van der Waals surface area contributed by atoms with Gasteiger partial charge in [-0.05, 0) is 50.7 Å². The molecule has 3 heterocycles. The van der Waals surface area contributed by atoms with Crippen LogP contribution in [0.1, 0.15) is 72.5 Å². The number of carbonyl (C=O) groups excluding carboxylic acids is 3. The highest BCUT2D eigenvalue weighted by Crippen LogP contribution is 2.66. The van der Waals surface area contributed by atoms with Crippen LogP contribution in [0.2, 0.25) is 0 Å². The molecule has 0 aromatic carbocycles. The van der Waals surface area contributed by atoms with E-state index in [1.165, 1.54) is 26.8 Å². The van der Waals surface area contributed by atoms with Crippen LogP contribution in [0.3, 0.4) is 0 Å². The van der Waals surface area contributed by atoms with Gasteiger partial charge in [-0.15, -0.1) is 0 Å². The predicted octanol–water partition coefficient (Wildman–Crippen LogP) is 3.51. The second kappa shape index (κ2) is 9.97. The van der Waals surface area contributed by atoms with E-state index in [1.54, 1.807) is 38.4 Å². The molecule has 41 heavy (non-hydrogen) atoms. The Labute approximate surface area is 237 Å². The molecule has 0 saturated heterocycles. The third-order valence-corrected chi connectivity index (χ3v) is 9.31. The number of nitrogens with zero attached hydrogens (tertiary/aromatic N) is 1. The average Bonchev–Trinajstić information content (AvgIpc) is 2.86. The lowest BCUT2D eigenvalue weighted by atomic mass is 9.45. The van der Waals surface area contributed by atoms with Crippen LogP contribution in [0.4, 0.5) is 0 Å². The molecule has 11 nitrogen and oxygen atoms in total. The Morgan fingerprint density at radius 2 is 1.73 bits per heavy atom. The van der Waals surface area contributed by atoms with Gasteiger partial charge in [-0.3, -0.25) is 19.4 Å². The van der Waals surface area contributed by atoms with Gasteiger partial charge in [0.25, 0.3) is 0 Å². The number of rotatable bonds is 4. The Morgan fingerprint density at radius 3 is 2.34 bits per heavy atom. The number of aliphatic hydroxyl groups is 1. The first kappa shape index (κ1) is 28.8. The average molecular weight is 570 g/mol. The van der Waals surface area contributed by atoms with Crippen molar-refractivity contribution in [2.45, 2.75) is 90.3 Å². The van der Waals surface area contributed by atoms with Gasteiger partial charge < -0.3 is 28.5 Å². The Bertz CT molecular complexity index is 1440. The number of pyridine rings is 1. The Kier molecular flexibility index (Phi) is 7.00. The molecule has 11 heteroatoms. The van der Waals surface area contributed by atoms with Crippen molar-refractivity contribution in [3.8, 4) is 17.1 Å². The zero-order valence-corrected chi connectivity index (χ0v) is 24.0. The lowest BCUT2D eigenvalue weighted by Gasteiger charge is -2.65. The zero-order chi connectivity index (χ0) is 29.9. The molecule has 1 aliphatic heterocycles. The molecule has 0 bridgehead atoms. The molecule has 3 aliphatic rings. The molecule has 0 amide bonds. The molecule has 0 radical (unpaired) electrons. The van der Waals surface area contributed by atoms with Crippen LogP contribution in [0, 0.1) is 17.3 Å². The number of esters is 3. The summed E-state index contributed by atoms with van der Waals surface area (Å²) in [7, 11) is 0. The van der Waals surface area contributed by atoms with Crippen molar-refractivity contribution in [3.05, 3.63) is 46.6 Å². The number of ether oxygens (including phenoxy) is 4. The molecule has 2 saturated carbocycles. The van der Waals surface area contributed by atoms with Crippen LogP contribution >= 0.6 is 0 Å². The van der Waals surface area contributed by atoms with E-state index < -0.39 is 70.3 Å².